The number of aryl methyl sites for hydroxylation is 1. The summed E-state index contributed by atoms with van der Waals surface area (Å²) in [6.45, 7) is 2.22. The highest BCUT2D eigenvalue weighted by atomic mass is 32.2. The van der Waals surface area contributed by atoms with E-state index in [9.17, 15) is 0 Å². The van der Waals surface area contributed by atoms with Gasteiger partial charge in [-0.3, -0.25) is 0 Å². The zero-order valence-corrected chi connectivity index (χ0v) is 30.7. The van der Waals surface area contributed by atoms with Gasteiger partial charge in [-0.15, -0.1) is 0 Å². The second kappa shape index (κ2) is 15.3. The maximum atomic E-state index is 2.41. The fourth-order valence-corrected chi connectivity index (χ4v) is 8.51. The number of fused-ring (bicyclic) bond motifs is 2. The largest absolute Gasteiger partial charge is 0.378 e. The van der Waals surface area contributed by atoms with Crippen LogP contribution in [0.2, 0.25) is 0 Å². The van der Waals surface area contributed by atoms with Gasteiger partial charge in [-0.25, -0.2) is 0 Å². The molecule has 0 N–H and O–H groups in total. The number of rotatable bonds is 11. The number of nitrogens with zero attached hydrogens (tertiary/aromatic N) is 3. The number of aromatic nitrogens is 1. The third kappa shape index (κ3) is 8.03. The van der Waals surface area contributed by atoms with Crippen LogP contribution in [0.3, 0.4) is 0 Å². The van der Waals surface area contributed by atoms with Gasteiger partial charge in [-0.2, -0.15) is 4.57 Å². The van der Waals surface area contributed by atoms with Crippen molar-refractivity contribution < 1.29 is 4.57 Å². The van der Waals surface area contributed by atoms with Gasteiger partial charge in [-0.05, 0) is 109 Å². The number of anilines is 2. The molecule has 0 bridgehead atoms. The summed E-state index contributed by atoms with van der Waals surface area (Å²) in [4.78, 5) is 6.97. The van der Waals surface area contributed by atoms with Crippen molar-refractivity contribution in [2.75, 3.05) is 38.0 Å². The molecule has 0 saturated heterocycles. The lowest BCUT2D eigenvalue weighted by Crippen LogP contribution is -2.30. The molecule has 1 aliphatic rings. The molecule has 5 aromatic rings. The van der Waals surface area contributed by atoms with Gasteiger partial charge >= 0.3 is 0 Å². The smallest absolute Gasteiger partial charge is 0.265 e. The zero-order valence-electron chi connectivity index (χ0n) is 29.0. The molecule has 0 saturated carbocycles. The van der Waals surface area contributed by atoms with E-state index >= 15 is 0 Å². The lowest BCUT2D eigenvalue weighted by molar-refractivity contribution is -0.642. The number of unbranched alkanes of at least 4 members (excludes halogenated alkanes) is 1. The molecule has 0 aliphatic carbocycles. The van der Waals surface area contributed by atoms with Crippen molar-refractivity contribution in [1.82, 2.24) is 0 Å². The van der Waals surface area contributed by atoms with Crippen LogP contribution in [0.1, 0.15) is 54.3 Å². The summed E-state index contributed by atoms with van der Waals surface area (Å²) < 4.78 is 3.71. The van der Waals surface area contributed by atoms with Gasteiger partial charge in [0.25, 0.3) is 5.01 Å². The van der Waals surface area contributed by atoms with Gasteiger partial charge in [0, 0.05) is 61.0 Å². The van der Waals surface area contributed by atoms with Crippen LogP contribution in [0.15, 0.2) is 124 Å². The van der Waals surface area contributed by atoms with Gasteiger partial charge in [-0.1, -0.05) is 89.8 Å². The molecule has 1 aliphatic heterocycles. The number of thiazole rings is 1. The van der Waals surface area contributed by atoms with Crippen molar-refractivity contribution in [3.05, 3.63) is 141 Å². The van der Waals surface area contributed by atoms with Crippen molar-refractivity contribution in [2.45, 2.75) is 37.5 Å². The molecular weight excluding hydrogens is 623 g/mol. The van der Waals surface area contributed by atoms with Crippen LogP contribution >= 0.6 is 23.1 Å². The summed E-state index contributed by atoms with van der Waals surface area (Å²) >= 11 is 3.80. The molecule has 244 valence electrons. The minimum Gasteiger partial charge on any atom is -0.378 e. The number of para-hydroxylation sites is 1. The molecule has 6 rings (SSSR count). The predicted octanol–water partition coefficient (Wildman–Crippen LogP) is 11.1. The molecular formula is C43H46N3S2+. The molecule has 48 heavy (non-hydrogen) atoms. The van der Waals surface area contributed by atoms with E-state index in [1.807, 2.05) is 23.1 Å². The van der Waals surface area contributed by atoms with Gasteiger partial charge in [0.15, 0.2) is 0 Å². The minimum absolute atomic E-state index is 1.02. The quantitative estimate of drug-likeness (QED) is 0.102. The zero-order chi connectivity index (χ0) is 33.6. The second-order valence-corrected chi connectivity index (χ2v) is 15.1. The Morgan fingerprint density at radius 2 is 1.23 bits per heavy atom. The van der Waals surface area contributed by atoms with Crippen molar-refractivity contribution in [3.8, 4) is 0 Å². The van der Waals surface area contributed by atoms with Crippen LogP contribution in [0.25, 0.3) is 34.0 Å². The Labute approximate surface area is 295 Å². The SMILES string of the molecule is CC1=Cc2ccccc2SC(/C(=C/c2ccc(N(C)C)cc2)CCCC/C(=C\c2ccc(N(C)C)cc2)c2sc3ccccc3[n+]2C)=C1. The first-order valence-corrected chi connectivity index (χ1v) is 18.4. The van der Waals surface area contributed by atoms with Crippen LogP contribution in [0.4, 0.5) is 11.4 Å². The van der Waals surface area contributed by atoms with E-state index in [2.05, 4.69) is 178 Å². The van der Waals surface area contributed by atoms with E-state index in [0.717, 1.165) is 25.7 Å². The third-order valence-corrected chi connectivity index (χ3v) is 11.3. The fraction of sp³-hybridized carbons (Fsp3) is 0.233. The molecule has 2 heterocycles. The number of thioether (sulfide) groups is 1. The predicted molar refractivity (Wildman–Crippen MR) is 213 cm³/mol. The lowest BCUT2D eigenvalue weighted by atomic mass is 9.99. The highest BCUT2D eigenvalue weighted by Gasteiger charge is 2.21. The van der Waals surface area contributed by atoms with E-state index in [1.54, 1.807) is 0 Å². The maximum absolute atomic E-state index is 2.41. The first-order chi connectivity index (χ1) is 23.2. The van der Waals surface area contributed by atoms with Crippen molar-refractivity contribution >= 4 is 68.5 Å². The highest BCUT2D eigenvalue weighted by molar-refractivity contribution is 8.03. The average molecular weight is 669 g/mol. The van der Waals surface area contributed by atoms with Crippen molar-refractivity contribution in [3.63, 3.8) is 0 Å². The van der Waals surface area contributed by atoms with E-state index in [0.29, 0.717) is 0 Å². The molecule has 1 aromatic heterocycles. The number of hydrogen-bond donors (Lipinski definition) is 0. The highest BCUT2D eigenvalue weighted by Crippen LogP contribution is 2.41. The Morgan fingerprint density at radius 3 is 1.85 bits per heavy atom. The van der Waals surface area contributed by atoms with Gasteiger partial charge < -0.3 is 9.80 Å². The standard InChI is InChI=1S/C43H46N3S2/c1-31-27-34-13-9-11-17-40(34)47-42(28-31)35(29-32-19-23-37(24-20-32)44(2)3)14-7-8-15-36(30-33-21-25-38(26-22-33)45(4)5)43-46(6)39-16-10-12-18-41(39)48-43/h9-13,16-30H,7-8,14-15H2,1-6H3/q+1/b35-29+. The summed E-state index contributed by atoms with van der Waals surface area (Å²) in [7, 11) is 10.6. The van der Waals surface area contributed by atoms with E-state index in [-0.39, 0.29) is 0 Å². The van der Waals surface area contributed by atoms with Crippen molar-refractivity contribution in [2.24, 2.45) is 7.05 Å². The normalized spacial score (nSPS) is 13.5. The summed E-state index contributed by atoms with van der Waals surface area (Å²) in [5.41, 5.74) is 11.6. The topological polar surface area (TPSA) is 10.4 Å². The molecule has 4 aromatic carbocycles. The minimum atomic E-state index is 1.02. The second-order valence-electron chi connectivity index (χ2n) is 13.0. The molecule has 5 heteroatoms. The number of hydrogen-bond acceptors (Lipinski definition) is 4. The first-order valence-electron chi connectivity index (χ1n) is 16.8. The van der Waals surface area contributed by atoms with Crippen LogP contribution in [-0.4, -0.2) is 28.2 Å². The number of benzene rings is 4. The molecule has 0 spiro atoms. The van der Waals surface area contributed by atoms with Crippen molar-refractivity contribution in [1.29, 1.82) is 0 Å². The van der Waals surface area contributed by atoms with Crippen LogP contribution in [0.5, 0.6) is 0 Å². The fourth-order valence-electron chi connectivity index (χ4n) is 6.15. The van der Waals surface area contributed by atoms with Crippen LogP contribution in [0, 0.1) is 0 Å². The van der Waals surface area contributed by atoms with Crippen LogP contribution < -0.4 is 14.4 Å². The molecule has 0 unspecified atom stereocenters. The monoisotopic (exact) mass is 668 g/mol. The Balaban J connectivity index is 1.27. The third-order valence-electron chi connectivity index (χ3n) is 8.85. The Hall–Kier alpha value is -4.32. The average Bonchev–Trinajstić information content (AvgIpc) is 3.31. The molecule has 0 amide bonds. The van der Waals surface area contributed by atoms with Gasteiger partial charge in [0.2, 0.25) is 5.52 Å². The van der Waals surface area contributed by atoms with Gasteiger partial charge in [0.1, 0.15) is 11.7 Å². The molecule has 0 radical (unpaired) electrons. The first kappa shape index (κ1) is 33.6. The summed E-state index contributed by atoms with van der Waals surface area (Å²) in [6.07, 6.45) is 13.8. The Kier molecular flexibility index (Phi) is 10.7. The molecule has 0 fully saturated rings. The van der Waals surface area contributed by atoms with E-state index in [4.69, 9.17) is 0 Å². The maximum Gasteiger partial charge on any atom is 0.265 e. The van der Waals surface area contributed by atoms with Gasteiger partial charge in [0.05, 0.1) is 0 Å². The molecule has 0 atom stereocenters. The summed E-state index contributed by atoms with van der Waals surface area (Å²) in [6, 6.07) is 35.3. The Morgan fingerprint density at radius 1 is 0.667 bits per heavy atom. The lowest BCUT2D eigenvalue weighted by Gasteiger charge is -2.15. The van der Waals surface area contributed by atoms with E-state index in [1.165, 1.54) is 69.8 Å². The number of allylic oxidation sites excluding steroid dienone is 4. The summed E-state index contributed by atoms with van der Waals surface area (Å²) in [5, 5.41) is 1.34. The summed E-state index contributed by atoms with van der Waals surface area (Å²) in [5.74, 6) is 0. The Bertz CT molecular complexity index is 2010. The van der Waals surface area contributed by atoms with Crippen LogP contribution in [-0.2, 0) is 7.05 Å². The van der Waals surface area contributed by atoms with E-state index < -0.39 is 0 Å². The molecule has 3 nitrogen and oxygen atoms in total.